The second kappa shape index (κ2) is 9.03. The lowest BCUT2D eigenvalue weighted by Crippen LogP contribution is -2.09. The molecule has 0 amide bonds. The molecule has 0 saturated carbocycles. The van der Waals surface area contributed by atoms with Gasteiger partial charge in [0, 0.05) is 29.8 Å². The maximum atomic E-state index is 11.4. The maximum Gasteiger partial charge on any atom is 0.328 e. The molecule has 4 heterocycles. The fraction of sp³-hybridized carbons (Fsp3) is 0.217. The van der Waals surface area contributed by atoms with E-state index in [2.05, 4.69) is 25.5 Å². The first-order valence-corrected chi connectivity index (χ1v) is 10.4. The van der Waals surface area contributed by atoms with Crippen LogP contribution in [0.2, 0.25) is 0 Å². The van der Waals surface area contributed by atoms with Crippen LogP contribution in [0.3, 0.4) is 0 Å². The molecule has 0 aliphatic carbocycles. The van der Waals surface area contributed by atoms with Gasteiger partial charge in [-0.3, -0.25) is 0 Å². The first kappa shape index (κ1) is 20.6. The minimum atomic E-state index is -1.05. The molecule has 10 nitrogen and oxygen atoms in total. The molecule has 0 fully saturated rings. The smallest absolute Gasteiger partial charge is 0.328 e. The molecular formula is C23H20N6O4. The topological polar surface area (TPSA) is 125 Å². The van der Waals surface area contributed by atoms with Crippen LogP contribution < -0.4 is 9.47 Å². The van der Waals surface area contributed by atoms with E-state index in [9.17, 15) is 9.90 Å². The van der Waals surface area contributed by atoms with Crippen molar-refractivity contribution in [1.82, 2.24) is 30.2 Å². The van der Waals surface area contributed by atoms with Crippen molar-refractivity contribution in [2.45, 2.75) is 25.8 Å². The Labute approximate surface area is 188 Å². The first-order chi connectivity index (χ1) is 16.2. The van der Waals surface area contributed by atoms with E-state index in [1.807, 2.05) is 24.3 Å². The Morgan fingerprint density at radius 1 is 1.12 bits per heavy atom. The molecule has 0 spiro atoms. The quantitative estimate of drug-likeness (QED) is 0.408. The number of aliphatic carboxylic acids is 1. The van der Waals surface area contributed by atoms with Crippen molar-refractivity contribution in [2.75, 3.05) is 6.79 Å². The number of hydrogen-bond donors (Lipinski definition) is 1. The van der Waals surface area contributed by atoms with E-state index < -0.39 is 5.97 Å². The molecule has 0 atom stereocenters. The van der Waals surface area contributed by atoms with Crippen molar-refractivity contribution in [3.63, 3.8) is 0 Å². The molecule has 166 valence electrons. The molecule has 0 saturated heterocycles. The largest absolute Gasteiger partial charge is 0.478 e. The molecule has 5 rings (SSSR count). The lowest BCUT2D eigenvalue weighted by molar-refractivity contribution is -0.131. The highest BCUT2D eigenvalue weighted by atomic mass is 16.7. The van der Waals surface area contributed by atoms with E-state index >= 15 is 0 Å². The van der Waals surface area contributed by atoms with Gasteiger partial charge in [0.1, 0.15) is 0 Å². The van der Waals surface area contributed by atoms with Crippen molar-refractivity contribution in [3.05, 3.63) is 71.8 Å². The number of nitrogens with zero attached hydrogens (tertiary/aromatic N) is 6. The second-order valence-corrected chi connectivity index (χ2v) is 7.53. The Morgan fingerprint density at radius 3 is 2.94 bits per heavy atom. The Hall–Kier alpha value is -4.34. The highest BCUT2D eigenvalue weighted by Crippen LogP contribution is 2.34. The standard InChI is InChI=1S/C23H20N6O4/c30-22(31)12-17(16-7-9-19-20(11-16)33-14-32-19)13-29-21(26-27-28-29)5-1-4-18-8-6-15-3-2-10-24-23(15)25-18/h2-3,6-12H,1,4-5,13-14H2,(H,30,31). The third-order valence-corrected chi connectivity index (χ3v) is 5.32. The molecule has 0 unspecified atom stereocenters. The Balaban J connectivity index is 1.29. The highest BCUT2D eigenvalue weighted by Gasteiger charge is 2.17. The molecule has 0 bridgehead atoms. The van der Waals surface area contributed by atoms with Crippen molar-refractivity contribution in [1.29, 1.82) is 0 Å². The van der Waals surface area contributed by atoms with Crippen molar-refractivity contribution in [2.24, 2.45) is 0 Å². The number of hydrogen-bond acceptors (Lipinski definition) is 8. The molecule has 3 aromatic heterocycles. The minimum Gasteiger partial charge on any atom is -0.478 e. The summed E-state index contributed by atoms with van der Waals surface area (Å²) in [5.41, 5.74) is 2.94. The van der Waals surface area contributed by atoms with E-state index in [0.29, 0.717) is 34.9 Å². The van der Waals surface area contributed by atoms with Gasteiger partial charge < -0.3 is 14.6 Å². The first-order valence-electron chi connectivity index (χ1n) is 10.4. The van der Waals surface area contributed by atoms with E-state index in [1.165, 1.54) is 0 Å². The summed E-state index contributed by atoms with van der Waals surface area (Å²) in [5, 5.41) is 22.4. The third-order valence-electron chi connectivity index (χ3n) is 5.32. The Bertz CT molecular complexity index is 1350. The number of pyridine rings is 2. The average Bonchev–Trinajstić information content (AvgIpc) is 3.47. The van der Waals surface area contributed by atoms with E-state index in [4.69, 9.17) is 9.47 Å². The fourth-order valence-corrected chi connectivity index (χ4v) is 3.71. The number of carboxylic acids is 1. The molecule has 4 aromatic rings. The van der Waals surface area contributed by atoms with Crippen LogP contribution in [0.5, 0.6) is 11.5 Å². The van der Waals surface area contributed by atoms with Gasteiger partial charge in [-0.15, -0.1) is 5.10 Å². The number of tetrazole rings is 1. The number of aryl methyl sites for hydroxylation is 2. The zero-order valence-corrected chi connectivity index (χ0v) is 17.6. The van der Waals surface area contributed by atoms with Crippen molar-refractivity contribution >= 4 is 22.6 Å². The zero-order valence-electron chi connectivity index (χ0n) is 17.6. The predicted molar refractivity (Wildman–Crippen MR) is 118 cm³/mol. The SMILES string of the molecule is O=C(O)C=C(Cn1nnnc1CCCc1ccc2cccnc2n1)c1ccc2c(c1)OCO2. The monoisotopic (exact) mass is 444 g/mol. The molecule has 1 aliphatic heterocycles. The van der Waals surface area contributed by atoms with Gasteiger partial charge in [0.15, 0.2) is 23.0 Å². The summed E-state index contributed by atoms with van der Waals surface area (Å²) in [6.07, 6.45) is 5.05. The summed E-state index contributed by atoms with van der Waals surface area (Å²) in [4.78, 5) is 20.3. The summed E-state index contributed by atoms with van der Waals surface area (Å²) in [6, 6.07) is 13.2. The van der Waals surface area contributed by atoms with Gasteiger partial charge in [-0.2, -0.15) is 0 Å². The Morgan fingerprint density at radius 2 is 2.03 bits per heavy atom. The number of carbonyl (C=O) groups is 1. The molecule has 33 heavy (non-hydrogen) atoms. The van der Waals surface area contributed by atoms with Crippen LogP contribution in [0.4, 0.5) is 0 Å². The Kier molecular flexibility index (Phi) is 5.62. The summed E-state index contributed by atoms with van der Waals surface area (Å²) in [6.45, 7) is 0.364. The van der Waals surface area contributed by atoms with Crippen LogP contribution >= 0.6 is 0 Å². The molecule has 1 N–H and O–H groups in total. The van der Waals surface area contributed by atoms with Gasteiger partial charge in [-0.1, -0.05) is 6.07 Å². The van der Waals surface area contributed by atoms with Gasteiger partial charge in [-0.25, -0.2) is 19.4 Å². The number of carboxylic acid groups (broad SMARTS) is 1. The van der Waals surface area contributed by atoms with E-state index in [1.54, 1.807) is 29.1 Å². The molecule has 10 heteroatoms. The summed E-state index contributed by atoms with van der Waals surface area (Å²) >= 11 is 0. The van der Waals surface area contributed by atoms with Crippen molar-refractivity contribution < 1.29 is 19.4 Å². The lowest BCUT2D eigenvalue weighted by Gasteiger charge is -2.10. The van der Waals surface area contributed by atoms with Crippen molar-refractivity contribution in [3.8, 4) is 11.5 Å². The fourth-order valence-electron chi connectivity index (χ4n) is 3.71. The number of fused-ring (bicyclic) bond motifs is 2. The summed E-state index contributed by atoms with van der Waals surface area (Å²) < 4.78 is 12.4. The predicted octanol–water partition coefficient (Wildman–Crippen LogP) is 2.69. The molecule has 1 aliphatic rings. The number of rotatable bonds is 8. The molecule has 0 radical (unpaired) electrons. The van der Waals surface area contributed by atoms with Crippen LogP contribution in [0.25, 0.3) is 16.6 Å². The van der Waals surface area contributed by atoms with E-state index in [-0.39, 0.29) is 13.3 Å². The van der Waals surface area contributed by atoms with Crippen LogP contribution in [-0.4, -0.2) is 48.0 Å². The maximum absolute atomic E-state index is 11.4. The summed E-state index contributed by atoms with van der Waals surface area (Å²) in [7, 11) is 0. The van der Waals surface area contributed by atoms with Gasteiger partial charge in [-0.05, 0) is 70.8 Å². The average molecular weight is 444 g/mol. The minimum absolute atomic E-state index is 0.149. The second-order valence-electron chi connectivity index (χ2n) is 7.53. The van der Waals surface area contributed by atoms with Gasteiger partial charge in [0.25, 0.3) is 0 Å². The third kappa shape index (κ3) is 4.64. The van der Waals surface area contributed by atoms with Crippen LogP contribution in [0.15, 0.2) is 54.7 Å². The molecule has 1 aromatic carbocycles. The van der Waals surface area contributed by atoms with Crippen LogP contribution in [-0.2, 0) is 24.2 Å². The number of ether oxygens (including phenoxy) is 2. The van der Waals surface area contributed by atoms with Crippen LogP contribution in [0.1, 0.15) is 23.5 Å². The van der Waals surface area contributed by atoms with Gasteiger partial charge in [0.2, 0.25) is 6.79 Å². The van der Waals surface area contributed by atoms with Crippen LogP contribution in [0, 0.1) is 0 Å². The highest BCUT2D eigenvalue weighted by molar-refractivity contribution is 5.90. The zero-order chi connectivity index (χ0) is 22.6. The van der Waals surface area contributed by atoms with Gasteiger partial charge in [0.05, 0.1) is 6.54 Å². The van der Waals surface area contributed by atoms with Gasteiger partial charge >= 0.3 is 5.97 Å². The number of aromatic nitrogens is 6. The number of benzene rings is 1. The lowest BCUT2D eigenvalue weighted by atomic mass is 10.0. The summed E-state index contributed by atoms with van der Waals surface area (Å²) in [5.74, 6) is 0.839. The van der Waals surface area contributed by atoms with E-state index in [0.717, 1.165) is 35.6 Å². The number of allylic oxidation sites excluding steroid dienone is 1. The normalized spacial score (nSPS) is 12.9. The molecular weight excluding hydrogens is 424 g/mol.